The maximum atomic E-state index is 5.99. The zero-order chi connectivity index (χ0) is 19.1. The SMILES string of the molecule is COCCCOc1cc(Cc2cnc(N)nc2N)cc(-c2ccccc2)c1. The van der Waals surface area contributed by atoms with Crippen molar-refractivity contribution in [2.45, 2.75) is 12.8 Å². The minimum absolute atomic E-state index is 0.177. The highest BCUT2D eigenvalue weighted by molar-refractivity contribution is 5.66. The minimum atomic E-state index is 0.177. The summed E-state index contributed by atoms with van der Waals surface area (Å²) in [6.45, 7) is 1.27. The lowest BCUT2D eigenvalue weighted by atomic mass is 9.99. The highest BCUT2D eigenvalue weighted by atomic mass is 16.5. The van der Waals surface area contributed by atoms with Crippen LogP contribution >= 0.6 is 0 Å². The molecular formula is C21H24N4O2. The van der Waals surface area contributed by atoms with Gasteiger partial charge in [0.1, 0.15) is 11.6 Å². The summed E-state index contributed by atoms with van der Waals surface area (Å²) in [5, 5.41) is 0. The van der Waals surface area contributed by atoms with E-state index in [-0.39, 0.29) is 5.95 Å². The quantitative estimate of drug-likeness (QED) is 0.595. The molecule has 0 amide bonds. The molecule has 0 saturated heterocycles. The molecule has 0 saturated carbocycles. The Morgan fingerprint density at radius 2 is 1.78 bits per heavy atom. The summed E-state index contributed by atoms with van der Waals surface area (Å²) in [7, 11) is 1.69. The number of benzene rings is 2. The average Bonchev–Trinajstić information content (AvgIpc) is 2.68. The second kappa shape index (κ2) is 9.00. The molecule has 27 heavy (non-hydrogen) atoms. The number of anilines is 2. The predicted octanol–water partition coefficient (Wildman–Crippen LogP) is 3.31. The molecule has 0 aliphatic rings. The minimum Gasteiger partial charge on any atom is -0.493 e. The zero-order valence-corrected chi connectivity index (χ0v) is 15.4. The fourth-order valence-corrected chi connectivity index (χ4v) is 2.83. The average molecular weight is 364 g/mol. The van der Waals surface area contributed by atoms with Gasteiger partial charge in [-0.3, -0.25) is 0 Å². The summed E-state index contributed by atoms with van der Waals surface area (Å²) in [5.41, 5.74) is 15.7. The third kappa shape index (κ3) is 5.18. The molecule has 0 atom stereocenters. The lowest BCUT2D eigenvalue weighted by Crippen LogP contribution is -2.05. The van der Waals surface area contributed by atoms with E-state index in [1.165, 1.54) is 0 Å². The maximum Gasteiger partial charge on any atom is 0.221 e. The Hall–Kier alpha value is -3.12. The van der Waals surface area contributed by atoms with E-state index in [9.17, 15) is 0 Å². The second-order valence-corrected chi connectivity index (χ2v) is 6.24. The number of methoxy groups -OCH3 is 1. The largest absolute Gasteiger partial charge is 0.493 e. The van der Waals surface area contributed by atoms with Crippen LogP contribution in [0.1, 0.15) is 17.5 Å². The Morgan fingerprint density at radius 3 is 2.52 bits per heavy atom. The third-order valence-electron chi connectivity index (χ3n) is 4.15. The first-order valence-electron chi connectivity index (χ1n) is 8.83. The molecule has 0 radical (unpaired) electrons. The molecule has 0 fully saturated rings. The Kier molecular flexibility index (Phi) is 6.22. The van der Waals surface area contributed by atoms with Crippen molar-refractivity contribution >= 4 is 11.8 Å². The molecule has 4 N–H and O–H groups in total. The maximum absolute atomic E-state index is 5.99. The lowest BCUT2D eigenvalue weighted by molar-refractivity contribution is 0.172. The first-order chi connectivity index (χ1) is 13.2. The van der Waals surface area contributed by atoms with Gasteiger partial charge >= 0.3 is 0 Å². The molecule has 6 heteroatoms. The monoisotopic (exact) mass is 364 g/mol. The molecule has 0 spiro atoms. The molecule has 1 aromatic heterocycles. The van der Waals surface area contributed by atoms with Crippen molar-refractivity contribution in [3.63, 3.8) is 0 Å². The number of rotatable bonds is 8. The first kappa shape index (κ1) is 18.7. The van der Waals surface area contributed by atoms with Crippen molar-refractivity contribution in [1.82, 2.24) is 9.97 Å². The van der Waals surface area contributed by atoms with Crippen LogP contribution in [0.2, 0.25) is 0 Å². The van der Waals surface area contributed by atoms with E-state index < -0.39 is 0 Å². The Labute approximate surface area is 159 Å². The fourth-order valence-electron chi connectivity index (χ4n) is 2.83. The number of ether oxygens (including phenoxy) is 2. The van der Waals surface area contributed by atoms with Gasteiger partial charge in [-0.15, -0.1) is 0 Å². The summed E-state index contributed by atoms with van der Waals surface area (Å²) in [6, 6.07) is 16.4. The molecule has 3 aromatic rings. The van der Waals surface area contributed by atoms with Crippen molar-refractivity contribution in [1.29, 1.82) is 0 Å². The highest BCUT2D eigenvalue weighted by Gasteiger charge is 2.09. The van der Waals surface area contributed by atoms with E-state index in [1.807, 2.05) is 24.3 Å². The number of nitrogens with two attached hydrogens (primary N) is 2. The van der Waals surface area contributed by atoms with Gasteiger partial charge in [0.05, 0.1) is 6.61 Å². The van der Waals surface area contributed by atoms with Crippen molar-refractivity contribution in [2.75, 3.05) is 31.8 Å². The Balaban J connectivity index is 1.89. The summed E-state index contributed by atoms with van der Waals surface area (Å²) >= 11 is 0. The number of aromatic nitrogens is 2. The second-order valence-electron chi connectivity index (χ2n) is 6.24. The number of nitrogens with zero attached hydrogens (tertiary/aromatic N) is 2. The topological polar surface area (TPSA) is 96.3 Å². The Bertz CT molecular complexity index is 885. The van der Waals surface area contributed by atoms with E-state index in [1.54, 1.807) is 13.3 Å². The van der Waals surface area contributed by atoms with Crippen LogP contribution in [0.4, 0.5) is 11.8 Å². The van der Waals surface area contributed by atoms with Gasteiger partial charge in [0.15, 0.2) is 0 Å². The van der Waals surface area contributed by atoms with Gasteiger partial charge < -0.3 is 20.9 Å². The van der Waals surface area contributed by atoms with Crippen LogP contribution < -0.4 is 16.2 Å². The first-order valence-corrected chi connectivity index (χ1v) is 8.83. The molecule has 0 aliphatic carbocycles. The molecule has 0 aliphatic heterocycles. The molecule has 1 heterocycles. The van der Waals surface area contributed by atoms with Crippen molar-refractivity contribution < 1.29 is 9.47 Å². The molecule has 0 bridgehead atoms. The van der Waals surface area contributed by atoms with E-state index in [4.69, 9.17) is 20.9 Å². The summed E-state index contributed by atoms with van der Waals surface area (Å²) in [5.74, 6) is 1.39. The van der Waals surface area contributed by atoms with Crippen LogP contribution in [-0.4, -0.2) is 30.3 Å². The van der Waals surface area contributed by atoms with Gasteiger partial charge in [-0.25, -0.2) is 4.98 Å². The van der Waals surface area contributed by atoms with Crippen LogP contribution in [0.25, 0.3) is 11.1 Å². The molecule has 2 aromatic carbocycles. The van der Waals surface area contributed by atoms with Gasteiger partial charge in [-0.1, -0.05) is 36.4 Å². The van der Waals surface area contributed by atoms with Gasteiger partial charge in [0.25, 0.3) is 0 Å². The van der Waals surface area contributed by atoms with E-state index in [2.05, 4.69) is 34.2 Å². The van der Waals surface area contributed by atoms with Crippen LogP contribution in [0, 0.1) is 0 Å². The van der Waals surface area contributed by atoms with E-state index in [0.717, 1.165) is 34.4 Å². The van der Waals surface area contributed by atoms with Crippen LogP contribution in [0.3, 0.4) is 0 Å². The van der Waals surface area contributed by atoms with Gasteiger partial charge in [-0.2, -0.15) is 4.98 Å². The molecular weight excluding hydrogens is 340 g/mol. The van der Waals surface area contributed by atoms with Gasteiger partial charge in [0.2, 0.25) is 5.95 Å². The van der Waals surface area contributed by atoms with Crippen LogP contribution in [0.15, 0.2) is 54.7 Å². The molecule has 140 valence electrons. The smallest absolute Gasteiger partial charge is 0.221 e. The fraction of sp³-hybridized carbons (Fsp3) is 0.238. The normalized spacial score (nSPS) is 10.7. The molecule has 0 unspecified atom stereocenters. The number of hydrogen-bond donors (Lipinski definition) is 2. The molecule has 6 nitrogen and oxygen atoms in total. The number of nitrogen functional groups attached to an aromatic ring is 2. The van der Waals surface area contributed by atoms with E-state index in [0.29, 0.717) is 25.5 Å². The van der Waals surface area contributed by atoms with Crippen molar-refractivity contribution in [3.8, 4) is 16.9 Å². The van der Waals surface area contributed by atoms with E-state index >= 15 is 0 Å². The lowest BCUT2D eigenvalue weighted by Gasteiger charge is -2.12. The zero-order valence-electron chi connectivity index (χ0n) is 15.4. The van der Waals surface area contributed by atoms with Crippen molar-refractivity contribution in [3.05, 3.63) is 65.9 Å². The highest BCUT2D eigenvalue weighted by Crippen LogP contribution is 2.28. The summed E-state index contributed by atoms with van der Waals surface area (Å²) in [6.07, 6.45) is 3.10. The summed E-state index contributed by atoms with van der Waals surface area (Å²) in [4.78, 5) is 8.09. The van der Waals surface area contributed by atoms with Crippen molar-refractivity contribution in [2.24, 2.45) is 0 Å². The standard InChI is InChI=1S/C21H24N4O2/c1-26-8-5-9-27-19-12-15(11-18-14-24-21(23)25-20(18)22)10-17(13-19)16-6-3-2-4-7-16/h2-4,6-7,10,12-14H,5,8-9,11H2,1H3,(H4,22,23,24,25). The van der Waals surface area contributed by atoms with Gasteiger partial charge in [-0.05, 0) is 28.8 Å². The Morgan fingerprint density at radius 1 is 0.963 bits per heavy atom. The number of hydrogen-bond acceptors (Lipinski definition) is 6. The summed E-state index contributed by atoms with van der Waals surface area (Å²) < 4.78 is 11.0. The third-order valence-corrected chi connectivity index (χ3v) is 4.15. The van der Waals surface area contributed by atoms with Crippen LogP contribution in [-0.2, 0) is 11.2 Å². The molecule has 3 rings (SSSR count). The van der Waals surface area contributed by atoms with Gasteiger partial charge in [0, 0.05) is 38.3 Å². The van der Waals surface area contributed by atoms with Crippen LogP contribution in [0.5, 0.6) is 5.75 Å². The predicted molar refractivity (Wildman–Crippen MR) is 108 cm³/mol.